The number of anilines is 1. The van der Waals surface area contributed by atoms with Crippen molar-refractivity contribution in [3.8, 4) is 11.3 Å². The summed E-state index contributed by atoms with van der Waals surface area (Å²) in [6.45, 7) is 4.09. The lowest BCUT2D eigenvalue weighted by molar-refractivity contribution is -0.111. The number of rotatable bonds is 4. The van der Waals surface area contributed by atoms with Crippen LogP contribution in [0.4, 0.5) is 5.69 Å². The van der Waals surface area contributed by atoms with Crippen molar-refractivity contribution >= 4 is 23.3 Å². The fraction of sp³-hybridized carbons (Fsp3) is 0.0833. The van der Waals surface area contributed by atoms with Crippen LogP contribution in [0.15, 0.2) is 79.1 Å². The number of imidazole rings is 1. The van der Waals surface area contributed by atoms with Crippen molar-refractivity contribution in [3.05, 3.63) is 95.8 Å². The van der Waals surface area contributed by atoms with Gasteiger partial charge in [0.15, 0.2) is 0 Å². The zero-order chi connectivity index (χ0) is 19.5. The molecule has 2 aromatic heterocycles. The van der Waals surface area contributed by atoms with Crippen molar-refractivity contribution in [2.24, 2.45) is 0 Å². The van der Waals surface area contributed by atoms with E-state index in [0.29, 0.717) is 0 Å². The van der Waals surface area contributed by atoms with Gasteiger partial charge in [0.05, 0.1) is 5.69 Å². The third kappa shape index (κ3) is 4.01. The maximum atomic E-state index is 12.3. The quantitative estimate of drug-likeness (QED) is 0.500. The summed E-state index contributed by atoms with van der Waals surface area (Å²) in [7, 11) is 0. The third-order valence-electron chi connectivity index (χ3n) is 4.53. The van der Waals surface area contributed by atoms with Crippen molar-refractivity contribution in [2.45, 2.75) is 13.8 Å². The van der Waals surface area contributed by atoms with E-state index in [0.717, 1.165) is 28.2 Å². The highest BCUT2D eigenvalue weighted by molar-refractivity contribution is 6.02. The van der Waals surface area contributed by atoms with Crippen LogP contribution in [0.5, 0.6) is 0 Å². The second-order valence-electron chi connectivity index (χ2n) is 6.91. The minimum absolute atomic E-state index is 0.164. The molecular formula is C24H21N3O. The molecule has 4 aromatic rings. The van der Waals surface area contributed by atoms with Crippen molar-refractivity contribution in [2.75, 3.05) is 5.32 Å². The molecule has 0 unspecified atom stereocenters. The van der Waals surface area contributed by atoms with Crippen molar-refractivity contribution in [3.63, 3.8) is 0 Å². The number of pyridine rings is 1. The van der Waals surface area contributed by atoms with E-state index in [1.165, 1.54) is 11.1 Å². The molecule has 2 aromatic carbocycles. The molecule has 0 aliphatic heterocycles. The fourth-order valence-corrected chi connectivity index (χ4v) is 3.03. The molecule has 0 radical (unpaired) electrons. The largest absolute Gasteiger partial charge is 0.322 e. The molecular weight excluding hydrogens is 346 g/mol. The molecule has 1 amide bonds. The van der Waals surface area contributed by atoms with Gasteiger partial charge in [-0.3, -0.25) is 4.79 Å². The normalized spacial score (nSPS) is 11.2. The molecule has 0 aliphatic carbocycles. The number of carbonyl (C=O) groups is 1. The monoisotopic (exact) mass is 367 g/mol. The van der Waals surface area contributed by atoms with Gasteiger partial charge in [-0.1, -0.05) is 48.0 Å². The summed E-state index contributed by atoms with van der Waals surface area (Å²) < 4.78 is 2.01. The van der Waals surface area contributed by atoms with E-state index >= 15 is 0 Å². The SMILES string of the molecule is Cc1ccc(/C=C/C(=O)Nc2cccc(-c3cn4cc(C)ccc4n3)c2)cc1. The van der Waals surface area contributed by atoms with Gasteiger partial charge in [0, 0.05) is 29.7 Å². The molecule has 0 saturated heterocycles. The molecule has 2 heterocycles. The number of amides is 1. The van der Waals surface area contributed by atoms with Gasteiger partial charge in [0.1, 0.15) is 5.65 Å². The van der Waals surface area contributed by atoms with E-state index in [1.807, 2.05) is 90.5 Å². The standard InChI is InChI=1S/C24H21N3O/c1-17-6-9-19(10-7-17)11-13-24(28)25-21-5-3-4-20(14-21)22-16-27-15-18(2)8-12-23(27)26-22/h3-16H,1-2H3,(H,25,28)/b13-11+. The van der Waals surface area contributed by atoms with Gasteiger partial charge >= 0.3 is 0 Å². The lowest BCUT2D eigenvalue weighted by atomic mass is 10.1. The third-order valence-corrected chi connectivity index (χ3v) is 4.53. The van der Waals surface area contributed by atoms with Crippen molar-refractivity contribution < 1.29 is 4.79 Å². The number of fused-ring (bicyclic) bond motifs is 1. The van der Waals surface area contributed by atoms with E-state index in [2.05, 4.69) is 17.2 Å². The number of benzene rings is 2. The number of aromatic nitrogens is 2. The van der Waals surface area contributed by atoms with Gasteiger partial charge in [0.2, 0.25) is 5.91 Å². The lowest BCUT2D eigenvalue weighted by Crippen LogP contribution is -2.07. The van der Waals surface area contributed by atoms with Gasteiger partial charge in [-0.25, -0.2) is 4.98 Å². The maximum Gasteiger partial charge on any atom is 0.248 e. The Kier molecular flexibility index (Phi) is 4.77. The molecule has 4 rings (SSSR count). The number of hydrogen-bond donors (Lipinski definition) is 1. The number of aryl methyl sites for hydroxylation is 2. The minimum Gasteiger partial charge on any atom is -0.322 e. The molecule has 0 bridgehead atoms. The first-order chi connectivity index (χ1) is 13.6. The van der Waals surface area contributed by atoms with Crippen LogP contribution in [-0.2, 0) is 4.79 Å². The molecule has 4 heteroatoms. The van der Waals surface area contributed by atoms with Gasteiger partial charge in [0.25, 0.3) is 0 Å². The molecule has 0 atom stereocenters. The second-order valence-corrected chi connectivity index (χ2v) is 6.91. The number of hydrogen-bond acceptors (Lipinski definition) is 2. The molecule has 0 saturated carbocycles. The molecule has 0 aliphatic rings. The highest BCUT2D eigenvalue weighted by atomic mass is 16.1. The lowest BCUT2D eigenvalue weighted by Gasteiger charge is -2.04. The summed E-state index contributed by atoms with van der Waals surface area (Å²) in [6, 6.07) is 19.8. The number of carbonyl (C=O) groups excluding carboxylic acids is 1. The van der Waals surface area contributed by atoms with Crippen LogP contribution in [0, 0.1) is 13.8 Å². The Morgan fingerprint density at radius 3 is 2.57 bits per heavy atom. The Morgan fingerprint density at radius 2 is 1.75 bits per heavy atom. The van der Waals surface area contributed by atoms with E-state index < -0.39 is 0 Å². The summed E-state index contributed by atoms with van der Waals surface area (Å²) in [5.74, 6) is -0.164. The number of nitrogens with one attached hydrogen (secondary N) is 1. The molecule has 4 nitrogen and oxygen atoms in total. The van der Waals surface area contributed by atoms with Crippen LogP contribution in [0.2, 0.25) is 0 Å². The van der Waals surface area contributed by atoms with Crippen LogP contribution in [0.3, 0.4) is 0 Å². The molecule has 28 heavy (non-hydrogen) atoms. The van der Waals surface area contributed by atoms with Gasteiger partial charge in [-0.2, -0.15) is 0 Å². The van der Waals surface area contributed by atoms with Gasteiger partial charge in [-0.15, -0.1) is 0 Å². The Labute approximate surface area is 164 Å². The molecule has 1 N–H and O–H groups in total. The van der Waals surface area contributed by atoms with Crippen LogP contribution in [0.25, 0.3) is 23.0 Å². The van der Waals surface area contributed by atoms with E-state index in [4.69, 9.17) is 0 Å². The fourth-order valence-electron chi connectivity index (χ4n) is 3.03. The molecule has 0 fully saturated rings. The predicted octanol–water partition coefficient (Wildman–Crippen LogP) is 5.27. The maximum absolute atomic E-state index is 12.3. The van der Waals surface area contributed by atoms with Crippen molar-refractivity contribution in [1.29, 1.82) is 0 Å². The topological polar surface area (TPSA) is 46.4 Å². The van der Waals surface area contributed by atoms with Gasteiger partial charge < -0.3 is 9.72 Å². The molecule has 0 spiro atoms. The van der Waals surface area contributed by atoms with Gasteiger partial charge in [-0.05, 0) is 49.2 Å². The smallest absolute Gasteiger partial charge is 0.248 e. The van der Waals surface area contributed by atoms with Crippen molar-refractivity contribution in [1.82, 2.24) is 9.38 Å². The van der Waals surface area contributed by atoms with E-state index in [9.17, 15) is 4.79 Å². The second kappa shape index (κ2) is 7.53. The average molecular weight is 367 g/mol. The summed E-state index contributed by atoms with van der Waals surface area (Å²) in [5, 5.41) is 2.92. The summed E-state index contributed by atoms with van der Waals surface area (Å²) >= 11 is 0. The van der Waals surface area contributed by atoms with Crippen LogP contribution in [-0.4, -0.2) is 15.3 Å². The summed E-state index contributed by atoms with van der Waals surface area (Å²) in [6.07, 6.45) is 7.40. The Morgan fingerprint density at radius 1 is 0.964 bits per heavy atom. The summed E-state index contributed by atoms with van der Waals surface area (Å²) in [5.41, 5.74) is 6.84. The number of nitrogens with zero attached hydrogens (tertiary/aromatic N) is 2. The first kappa shape index (κ1) is 17.7. The summed E-state index contributed by atoms with van der Waals surface area (Å²) in [4.78, 5) is 16.9. The predicted molar refractivity (Wildman–Crippen MR) is 114 cm³/mol. The first-order valence-electron chi connectivity index (χ1n) is 9.18. The molecule has 138 valence electrons. The van der Waals surface area contributed by atoms with Crippen LogP contribution in [0.1, 0.15) is 16.7 Å². The Hall–Kier alpha value is -3.66. The highest BCUT2D eigenvalue weighted by Crippen LogP contribution is 2.23. The Bertz CT molecular complexity index is 1170. The zero-order valence-electron chi connectivity index (χ0n) is 15.9. The highest BCUT2D eigenvalue weighted by Gasteiger charge is 2.06. The van der Waals surface area contributed by atoms with Crippen LogP contribution >= 0.6 is 0 Å². The average Bonchev–Trinajstić information content (AvgIpc) is 3.11. The van der Waals surface area contributed by atoms with E-state index in [1.54, 1.807) is 6.08 Å². The van der Waals surface area contributed by atoms with Crippen LogP contribution < -0.4 is 5.32 Å². The Balaban J connectivity index is 1.51. The van der Waals surface area contributed by atoms with E-state index in [-0.39, 0.29) is 5.91 Å². The minimum atomic E-state index is -0.164. The first-order valence-corrected chi connectivity index (χ1v) is 9.18. The zero-order valence-corrected chi connectivity index (χ0v) is 15.9.